The van der Waals surface area contributed by atoms with Gasteiger partial charge in [0.1, 0.15) is 10.7 Å². The van der Waals surface area contributed by atoms with Gasteiger partial charge in [-0.2, -0.15) is 0 Å². The van der Waals surface area contributed by atoms with Gasteiger partial charge in [-0.15, -0.1) is 0 Å². The molecule has 0 saturated heterocycles. The molecular weight excluding hydrogens is 265 g/mol. The first-order valence-electron chi connectivity index (χ1n) is 5.38. The van der Waals surface area contributed by atoms with Gasteiger partial charge in [-0.1, -0.05) is 25.4 Å². The second-order valence-corrected chi connectivity index (χ2v) is 5.83. The second kappa shape index (κ2) is 5.80. The van der Waals surface area contributed by atoms with Gasteiger partial charge < -0.3 is 0 Å². The van der Waals surface area contributed by atoms with Gasteiger partial charge in [0.2, 0.25) is 10.0 Å². The van der Waals surface area contributed by atoms with Gasteiger partial charge in [-0.05, 0) is 31.0 Å². The van der Waals surface area contributed by atoms with Crippen LogP contribution in [0.4, 0.5) is 4.39 Å². The van der Waals surface area contributed by atoms with Crippen LogP contribution in [0.15, 0.2) is 23.1 Å². The fourth-order valence-electron chi connectivity index (χ4n) is 1.43. The Hall–Kier alpha value is -0.650. The Labute approximate surface area is 106 Å². The Kier molecular flexibility index (Phi) is 4.91. The zero-order chi connectivity index (χ0) is 13.1. The van der Waals surface area contributed by atoms with Crippen molar-refractivity contribution in [2.45, 2.75) is 37.6 Å². The summed E-state index contributed by atoms with van der Waals surface area (Å²) < 4.78 is 39.8. The fraction of sp³-hybridized carbons (Fsp3) is 0.455. The first-order valence-corrected chi connectivity index (χ1v) is 7.24. The van der Waals surface area contributed by atoms with Gasteiger partial charge >= 0.3 is 0 Å². The Balaban J connectivity index is 3.05. The van der Waals surface area contributed by atoms with Gasteiger partial charge in [0, 0.05) is 11.1 Å². The van der Waals surface area contributed by atoms with Crippen molar-refractivity contribution >= 4 is 21.6 Å². The molecule has 0 bridgehead atoms. The van der Waals surface area contributed by atoms with Crippen LogP contribution in [0.1, 0.15) is 26.7 Å². The summed E-state index contributed by atoms with van der Waals surface area (Å²) >= 11 is 5.57. The molecule has 1 aromatic rings. The number of rotatable bonds is 5. The van der Waals surface area contributed by atoms with Crippen molar-refractivity contribution in [3.8, 4) is 0 Å². The Morgan fingerprint density at radius 3 is 2.41 bits per heavy atom. The molecule has 0 aliphatic carbocycles. The van der Waals surface area contributed by atoms with E-state index < -0.39 is 15.8 Å². The maximum atomic E-state index is 13.5. The lowest BCUT2D eigenvalue weighted by Gasteiger charge is -2.15. The van der Waals surface area contributed by atoms with Crippen molar-refractivity contribution in [3.63, 3.8) is 0 Å². The third-order valence-corrected chi connectivity index (χ3v) is 4.28. The van der Waals surface area contributed by atoms with Gasteiger partial charge in [0.05, 0.1) is 0 Å². The van der Waals surface area contributed by atoms with E-state index in [9.17, 15) is 12.8 Å². The molecule has 0 aliphatic heterocycles. The van der Waals surface area contributed by atoms with E-state index in [4.69, 9.17) is 11.6 Å². The van der Waals surface area contributed by atoms with Gasteiger partial charge in [0.25, 0.3) is 0 Å². The molecule has 17 heavy (non-hydrogen) atoms. The molecule has 3 nitrogen and oxygen atoms in total. The molecule has 0 spiro atoms. The highest BCUT2D eigenvalue weighted by Crippen LogP contribution is 2.19. The third-order valence-electron chi connectivity index (χ3n) is 2.49. The molecule has 1 rings (SSSR count). The number of sulfonamides is 1. The first kappa shape index (κ1) is 14.4. The fourth-order valence-corrected chi connectivity index (χ4v) is 3.05. The molecule has 0 fully saturated rings. The number of benzene rings is 1. The van der Waals surface area contributed by atoms with Crippen LogP contribution in [0.3, 0.4) is 0 Å². The van der Waals surface area contributed by atoms with Crippen molar-refractivity contribution < 1.29 is 12.8 Å². The monoisotopic (exact) mass is 279 g/mol. The summed E-state index contributed by atoms with van der Waals surface area (Å²) in [6.45, 7) is 3.74. The quantitative estimate of drug-likeness (QED) is 0.901. The van der Waals surface area contributed by atoms with Crippen molar-refractivity contribution in [2.24, 2.45) is 0 Å². The molecule has 0 aromatic heterocycles. The van der Waals surface area contributed by atoms with Crippen molar-refractivity contribution in [1.82, 2.24) is 4.72 Å². The zero-order valence-corrected chi connectivity index (χ0v) is 11.3. The summed E-state index contributed by atoms with van der Waals surface area (Å²) in [5.74, 6) is -0.837. The van der Waals surface area contributed by atoms with Crippen molar-refractivity contribution in [2.75, 3.05) is 0 Å². The largest absolute Gasteiger partial charge is 0.243 e. The summed E-state index contributed by atoms with van der Waals surface area (Å²) in [5.41, 5.74) is 0. The lowest BCUT2D eigenvalue weighted by molar-refractivity contribution is 0.520. The molecule has 0 heterocycles. The minimum Gasteiger partial charge on any atom is -0.208 e. The Bertz CT molecular complexity index is 486. The first-order chi connectivity index (χ1) is 7.90. The smallest absolute Gasteiger partial charge is 0.208 e. The summed E-state index contributed by atoms with van der Waals surface area (Å²) in [6.07, 6.45) is 1.32. The highest BCUT2D eigenvalue weighted by atomic mass is 35.5. The average Bonchev–Trinajstić information content (AvgIpc) is 2.25. The minimum absolute atomic E-state index is 0.170. The Morgan fingerprint density at radius 1 is 1.35 bits per heavy atom. The molecule has 96 valence electrons. The van der Waals surface area contributed by atoms with Crippen LogP contribution in [-0.4, -0.2) is 14.5 Å². The maximum absolute atomic E-state index is 13.5. The summed E-state index contributed by atoms with van der Waals surface area (Å²) in [6, 6.07) is 3.33. The molecule has 0 unspecified atom stereocenters. The van der Waals surface area contributed by atoms with E-state index in [0.29, 0.717) is 12.8 Å². The van der Waals surface area contributed by atoms with Gasteiger partial charge in [-0.25, -0.2) is 17.5 Å². The van der Waals surface area contributed by atoms with Crippen LogP contribution < -0.4 is 4.72 Å². The van der Waals surface area contributed by atoms with Crippen LogP contribution >= 0.6 is 11.6 Å². The highest BCUT2D eigenvalue weighted by Gasteiger charge is 2.21. The Morgan fingerprint density at radius 2 is 1.94 bits per heavy atom. The number of halogens is 2. The summed E-state index contributed by atoms with van der Waals surface area (Å²) in [4.78, 5) is -0.367. The molecule has 0 aliphatic rings. The van der Waals surface area contributed by atoms with Crippen LogP contribution in [0.2, 0.25) is 5.02 Å². The summed E-state index contributed by atoms with van der Waals surface area (Å²) in [7, 11) is -3.81. The molecule has 0 atom stereocenters. The predicted octanol–water partition coefficient (Wildman–Crippen LogP) is 2.95. The van der Waals surface area contributed by atoms with Crippen LogP contribution in [0.25, 0.3) is 0 Å². The molecule has 1 N–H and O–H groups in total. The molecule has 0 radical (unpaired) electrons. The highest BCUT2D eigenvalue weighted by molar-refractivity contribution is 7.89. The van der Waals surface area contributed by atoms with E-state index >= 15 is 0 Å². The number of hydrogen-bond donors (Lipinski definition) is 1. The number of hydrogen-bond acceptors (Lipinski definition) is 2. The van der Waals surface area contributed by atoms with Crippen LogP contribution in [0.5, 0.6) is 0 Å². The van der Waals surface area contributed by atoms with E-state index in [2.05, 4.69) is 4.72 Å². The topological polar surface area (TPSA) is 46.2 Å². The van der Waals surface area contributed by atoms with E-state index in [1.165, 1.54) is 12.1 Å². The second-order valence-electron chi connectivity index (χ2n) is 3.71. The zero-order valence-electron chi connectivity index (χ0n) is 9.70. The summed E-state index contributed by atoms with van der Waals surface area (Å²) in [5, 5.41) is 0.170. The van der Waals surface area contributed by atoms with E-state index in [0.717, 1.165) is 6.07 Å². The molecule has 6 heteroatoms. The van der Waals surface area contributed by atoms with E-state index in [1.807, 2.05) is 13.8 Å². The predicted molar refractivity (Wildman–Crippen MR) is 66.1 cm³/mol. The van der Waals surface area contributed by atoms with Gasteiger partial charge in [-0.3, -0.25) is 0 Å². The standard InChI is InChI=1S/C11H15ClFNO2S/c1-3-9(4-2)14-17(15,16)11-6-5-8(12)7-10(11)13/h5-7,9,14H,3-4H2,1-2H3. The lowest BCUT2D eigenvalue weighted by atomic mass is 10.2. The van der Waals surface area contributed by atoms with E-state index in [-0.39, 0.29) is 16.0 Å². The minimum atomic E-state index is -3.81. The third kappa shape index (κ3) is 3.66. The number of nitrogens with one attached hydrogen (secondary N) is 1. The van der Waals surface area contributed by atoms with Crippen LogP contribution in [-0.2, 0) is 10.0 Å². The molecule has 0 amide bonds. The van der Waals surface area contributed by atoms with Gasteiger partial charge in [0.15, 0.2) is 0 Å². The van der Waals surface area contributed by atoms with Crippen molar-refractivity contribution in [1.29, 1.82) is 0 Å². The normalized spacial score (nSPS) is 12.1. The SMILES string of the molecule is CCC(CC)NS(=O)(=O)c1ccc(Cl)cc1F. The van der Waals surface area contributed by atoms with E-state index in [1.54, 1.807) is 0 Å². The average molecular weight is 280 g/mol. The molecule has 1 aromatic carbocycles. The lowest BCUT2D eigenvalue weighted by Crippen LogP contribution is -2.34. The maximum Gasteiger partial charge on any atom is 0.243 e. The molecular formula is C11H15ClFNO2S. The van der Waals surface area contributed by atoms with Crippen LogP contribution in [0, 0.1) is 5.82 Å². The van der Waals surface area contributed by atoms with Crippen molar-refractivity contribution in [3.05, 3.63) is 29.0 Å². The molecule has 0 saturated carbocycles.